The molecular weight excluding hydrogens is 332 g/mol. The normalized spacial score (nSPS) is 14.0. The molecule has 0 bridgehead atoms. The molecular formula is C18H18N6S. The van der Waals surface area contributed by atoms with Crippen molar-refractivity contribution in [2.75, 3.05) is 0 Å². The van der Waals surface area contributed by atoms with Gasteiger partial charge in [0, 0.05) is 21.8 Å². The predicted octanol–water partition coefficient (Wildman–Crippen LogP) is 3.38. The van der Waals surface area contributed by atoms with Gasteiger partial charge in [-0.15, -0.1) is 21.5 Å². The Morgan fingerprint density at radius 2 is 2.00 bits per heavy atom. The van der Waals surface area contributed by atoms with E-state index >= 15 is 0 Å². The number of aryl methyl sites for hydroxylation is 2. The second-order valence-electron chi connectivity index (χ2n) is 6.25. The lowest BCUT2D eigenvalue weighted by Gasteiger charge is -2.10. The molecule has 0 saturated carbocycles. The molecule has 6 nitrogen and oxygen atoms in total. The van der Waals surface area contributed by atoms with Crippen LogP contribution in [0, 0.1) is 25.2 Å². The standard InChI is InChI=1S/C18H18N6S/c1-12-7-14(9-22-23-10-20-21-11-23)13(2)24(12)18-16(8-19)15-5-3-4-6-17(15)25-18/h7,9-11H,3-6H2,1-2H3/b22-9+. The molecule has 0 N–H and O–H groups in total. The molecule has 0 saturated heterocycles. The highest BCUT2D eigenvalue weighted by Gasteiger charge is 2.23. The van der Waals surface area contributed by atoms with Crippen molar-refractivity contribution in [2.45, 2.75) is 39.5 Å². The van der Waals surface area contributed by atoms with Crippen LogP contribution in [0.25, 0.3) is 5.00 Å². The molecule has 0 unspecified atom stereocenters. The number of rotatable bonds is 3. The van der Waals surface area contributed by atoms with Crippen LogP contribution in [0.3, 0.4) is 0 Å². The maximum absolute atomic E-state index is 9.74. The van der Waals surface area contributed by atoms with Crippen molar-refractivity contribution in [3.05, 3.63) is 51.7 Å². The molecule has 0 atom stereocenters. The van der Waals surface area contributed by atoms with E-state index in [0.717, 1.165) is 40.4 Å². The molecule has 25 heavy (non-hydrogen) atoms. The molecule has 1 aliphatic carbocycles. The number of aromatic nitrogens is 4. The molecule has 0 spiro atoms. The molecule has 126 valence electrons. The van der Waals surface area contributed by atoms with Crippen LogP contribution >= 0.6 is 11.3 Å². The van der Waals surface area contributed by atoms with Gasteiger partial charge in [-0.1, -0.05) is 0 Å². The van der Waals surface area contributed by atoms with Crippen LogP contribution in [0.15, 0.2) is 23.8 Å². The Morgan fingerprint density at radius 1 is 1.24 bits per heavy atom. The SMILES string of the molecule is Cc1cc(/C=N/n2cnnc2)c(C)n1-c1sc2c(c1C#N)CCCC2. The molecule has 7 heteroatoms. The van der Waals surface area contributed by atoms with Crippen LogP contribution in [0.5, 0.6) is 0 Å². The summed E-state index contributed by atoms with van der Waals surface area (Å²) in [5.74, 6) is 0. The van der Waals surface area contributed by atoms with Crippen molar-refractivity contribution in [2.24, 2.45) is 5.10 Å². The van der Waals surface area contributed by atoms with Crippen LogP contribution in [-0.4, -0.2) is 25.7 Å². The summed E-state index contributed by atoms with van der Waals surface area (Å²) in [6.45, 7) is 4.14. The van der Waals surface area contributed by atoms with E-state index in [1.54, 1.807) is 28.7 Å². The molecule has 0 aromatic carbocycles. The molecule has 0 aliphatic heterocycles. The van der Waals surface area contributed by atoms with Gasteiger partial charge >= 0.3 is 0 Å². The second kappa shape index (κ2) is 6.30. The molecule has 3 aromatic rings. The molecule has 1 aliphatic rings. The number of hydrogen-bond acceptors (Lipinski definition) is 5. The Balaban J connectivity index is 1.79. The van der Waals surface area contributed by atoms with Gasteiger partial charge in [-0.3, -0.25) is 0 Å². The van der Waals surface area contributed by atoms with Crippen molar-refractivity contribution in [3.63, 3.8) is 0 Å². The Hall–Kier alpha value is -2.72. The van der Waals surface area contributed by atoms with Gasteiger partial charge in [0.15, 0.2) is 0 Å². The minimum absolute atomic E-state index is 0.851. The highest BCUT2D eigenvalue weighted by Crippen LogP contribution is 2.38. The number of nitrogens with zero attached hydrogens (tertiary/aromatic N) is 6. The quantitative estimate of drug-likeness (QED) is 0.680. The van der Waals surface area contributed by atoms with E-state index in [2.05, 4.69) is 45.8 Å². The summed E-state index contributed by atoms with van der Waals surface area (Å²) < 4.78 is 3.76. The summed E-state index contributed by atoms with van der Waals surface area (Å²) in [4.78, 5) is 1.38. The Labute approximate surface area is 150 Å². The molecule has 0 amide bonds. The van der Waals surface area contributed by atoms with Crippen LogP contribution in [-0.2, 0) is 12.8 Å². The molecule has 0 radical (unpaired) electrons. The van der Waals surface area contributed by atoms with Gasteiger partial charge < -0.3 is 4.57 Å². The lowest BCUT2D eigenvalue weighted by Crippen LogP contribution is -2.02. The Morgan fingerprint density at radius 3 is 2.76 bits per heavy atom. The van der Waals surface area contributed by atoms with Gasteiger partial charge in [-0.25, -0.2) is 4.68 Å². The fourth-order valence-corrected chi connectivity index (χ4v) is 4.89. The maximum Gasteiger partial charge on any atom is 0.141 e. The summed E-state index contributed by atoms with van der Waals surface area (Å²) in [6, 6.07) is 4.56. The number of fused-ring (bicyclic) bond motifs is 1. The van der Waals surface area contributed by atoms with Crippen molar-refractivity contribution in [1.29, 1.82) is 5.26 Å². The van der Waals surface area contributed by atoms with Gasteiger partial charge in [0.1, 0.15) is 23.7 Å². The summed E-state index contributed by atoms with van der Waals surface area (Å²) in [6.07, 6.45) is 9.43. The van der Waals surface area contributed by atoms with E-state index in [-0.39, 0.29) is 0 Å². The van der Waals surface area contributed by atoms with E-state index in [1.165, 1.54) is 23.3 Å². The van der Waals surface area contributed by atoms with Crippen molar-refractivity contribution in [1.82, 2.24) is 19.4 Å². The topological polar surface area (TPSA) is 71.8 Å². The van der Waals surface area contributed by atoms with E-state index in [4.69, 9.17) is 0 Å². The van der Waals surface area contributed by atoms with Gasteiger partial charge in [-0.05, 0) is 51.2 Å². The fourth-order valence-electron chi connectivity index (χ4n) is 3.44. The third-order valence-corrected chi connectivity index (χ3v) is 5.95. The zero-order valence-corrected chi connectivity index (χ0v) is 15.0. The minimum Gasteiger partial charge on any atom is -0.308 e. The third kappa shape index (κ3) is 2.68. The van der Waals surface area contributed by atoms with Gasteiger partial charge in [0.25, 0.3) is 0 Å². The Kier molecular flexibility index (Phi) is 3.98. The van der Waals surface area contributed by atoms with Crippen LogP contribution in [0.1, 0.15) is 45.8 Å². The average molecular weight is 350 g/mol. The van der Waals surface area contributed by atoms with Crippen molar-refractivity contribution < 1.29 is 0 Å². The zero-order chi connectivity index (χ0) is 17.4. The lowest BCUT2D eigenvalue weighted by atomic mass is 9.96. The monoisotopic (exact) mass is 350 g/mol. The fraction of sp³-hybridized carbons (Fsp3) is 0.333. The lowest BCUT2D eigenvalue weighted by molar-refractivity contribution is 0.695. The minimum atomic E-state index is 0.851. The van der Waals surface area contributed by atoms with Crippen molar-refractivity contribution in [3.8, 4) is 11.1 Å². The smallest absolute Gasteiger partial charge is 0.141 e. The van der Waals surface area contributed by atoms with Crippen LogP contribution in [0.4, 0.5) is 0 Å². The predicted molar refractivity (Wildman–Crippen MR) is 97.5 cm³/mol. The van der Waals surface area contributed by atoms with E-state index < -0.39 is 0 Å². The van der Waals surface area contributed by atoms with Gasteiger partial charge in [0.05, 0.1) is 11.8 Å². The summed E-state index contributed by atoms with van der Waals surface area (Å²) in [7, 11) is 0. The van der Waals surface area contributed by atoms with Gasteiger partial charge in [0.2, 0.25) is 0 Å². The first-order valence-electron chi connectivity index (χ1n) is 8.32. The highest BCUT2D eigenvalue weighted by molar-refractivity contribution is 7.15. The highest BCUT2D eigenvalue weighted by atomic mass is 32.1. The molecule has 0 fully saturated rings. The van der Waals surface area contributed by atoms with E-state index in [9.17, 15) is 5.26 Å². The number of thiophene rings is 1. The summed E-state index contributed by atoms with van der Waals surface area (Å²) in [5.41, 5.74) is 5.34. The van der Waals surface area contributed by atoms with Crippen molar-refractivity contribution >= 4 is 17.6 Å². The first-order valence-corrected chi connectivity index (χ1v) is 9.13. The Bertz CT molecular complexity index is 984. The third-order valence-electron chi connectivity index (χ3n) is 4.67. The van der Waals surface area contributed by atoms with E-state index in [1.807, 2.05) is 6.21 Å². The first kappa shape index (κ1) is 15.8. The molecule has 4 rings (SSSR count). The second-order valence-corrected chi connectivity index (χ2v) is 7.33. The first-order chi connectivity index (χ1) is 12.2. The van der Waals surface area contributed by atoms with Crippen LogP contribution < -0.4 is 0 Å². The van der Waals surface area contributed by atoms with Gasteiger partial charge in [-0.2, -0.15) is 10.4 Å². The van der Waals surface area contributed by atoms with Crippen LogP contribution in [0.2, 0.25) is 0 Å². The zero-order valence-electron chi connectivity index (χ0n) is 14.2. The summed E-state index contributed by atoms with van der Waals surface area (Å²) >= 11 is 1.77. The average Bonchev–Trinajstić information content (AvgIpc) is 3.31. The summed E-state index contributed by atoms with van der Waals surface area (Å²) in [5, 5.41) is 22.6. The number of nitriles is 1. The number of hydrogen-bond donors (Lipinski definition) is 0. The maximum atomic E-state index is 9.74. The molecule has 3 aromatic heterocycles. The van der Waals surface area contributed by atoms with E-state index in [0.29, 0.717) is 0 Å². The largest absolute Gasteiger partial charge is 0.308 e. The molecule has 3 heterocycles.